The van der Waals surface area contributed by atoms with Gasteiger partial charge in [-0.1, -0.05) is 0 Å². The minimum absolute atomic E-state index is 0.125. The Bertz CT molecular complexity index is 422. The number of Topliss-reactive ketones (excluding diaryl/α,β-unsaturated/α-hetero) is 1. The number of aliphatic carboxylic acids is 1. The largest absolute Gasteiger partial charge is 0.481 e. The van der Waals surface area contributed by atoms with Crippen molar-refractivity contribution in [3.8, 4) is 0 Å². The highest BCUT2D eigenvalue weighted by atomic mass is 16.4. The summed E-state index contributed by atoms with van der Waals surface area (Å²) in [5.74, 6) is -0.634. The van der Waals surface area contributed by atoms with Crippen LogP contribution in [0, 0.1) is 0 Å². The Hall–Kier alpha value is -1.66. The summed E-state index contributed by atoms with van der Waals surface area (Å²) >= 11 is 0. The fourth-order valence-corrected chi connectivity index (χ4v) is 2.22. The van der Waals surface area contributed by atoms with Gasteiger partial charge in [-0.05, 0) is 6.07 Å². The van der Waals surface area contributed by atoms with Crippen LogP contribution in [0.2, 0.25) is 0 Å². The zero-order chi connectivity index (χ0) is 13.7. The minimum atomic E-state index is -0.759. The zero-order valence-electron chi connectivity index (χ0n) is 10.8. The molecule has 0 spiro atoms. The highest BCUT2D eigenvalue weighted by Gasteiger charge is 2.19. The van der Waals surface area contributed by atoms with Crippen molar-refractivity contribution >= 4 is 11.8 Å². The van der Waals surface area contributed by atoms with Gasteiger partial charge in [-0.15, -0.1) is 0 Å². The highest BCUT2D eigenvalue weighted by molar-refractivity contribution is 5.97. The van der Waals surface area contributed by atoms with Gasteiger partial charge >= 0.3 is 5.97 Å². The van der Waals surface area contributed by atoms with Crippen LogP contribution in [0.15, 0.2) is 18.5 Å². The third-order valence-electron chi connectivity index (χ3n) is 3.39. The molecular formula is C13H19N3O3. The summed E-state index contributed by atoms with van der Waals surface area (Å²) in [6.07, 6.45) is 3.64. The SMILES string of the molecule is O=C(O)CCN1CCN(CC(=O)c2cc[nH]c2)CC1. The summed E-state index contributed by atoms with van der Waals surface area (Å²) in [6, 6.07) is 1.78. The predicted octanol–water partition coefficient (Wildman–Crippen LogP) is 0.290. The van der Waals surface area contributed by atoms with Crippen LogP contribution in [-0.4, -0.2) is 70.9 Å². The number of aromatic nitrogens is 1. The first-order valence-corrected chi connectivity index (χ1v) is 6.47. The van der Waals surface area contributed by atoms with Gasteiger partial charge in [-0.25, -0.2) is 0 Å². The highest BCUT2D eigenvalue weighted by Crippen LogP contribution is 2.05. The second-order valence-corrected chi connectivity index (χ2v) is 4.78. The lowest BCUT2D eigenvalue weighted by atomic mass is 10.2. The molecule has 2 heterocycles. The van der Waals surface area contributed by atoms with Crippen molar-refractivity contribution in [1.82, 2.24) is 14.8 Å². The zero-order valence-corrected chi connectivity index (χ0v) is 10.8. The Balaban J connectivity index is 1.71. The summed E-state index contributed by atoms with van der Waals surface area (Å²) in [7, 11) is 0. The molecule has 1 aliphatic heterocycles. The third kappa shape index (κ3) is 4.18. The van der Waals surface area contributed by atoms with Gasteiger partial charge < -0.3 is 15.0 Å². The minimum Gasteiger partial charge on any atom is -0.481 e. The van der Waals surface area contributed by atoms with Crippen molar-refractivity contribution in [1.29, 1.82) is 0 Å². The van der Waals surface area contributed by atoms with E-state index in [0.717, 1.165) is 26.2 Å². The van der Waals surface area contributed by atoms with Crippen molar-refractivity contribution in [3.05, 3.63) is 24.0 Å². The summed E-state index contributed by atoms with van der Waals surface area (Å²) in [6.45, 7) is 4.31. The van der Waals surface area contributed by atoms with E-state index in [9.17, 15) is 9.59 Å². The fourth-order valence-electron chi connectivity index (χ4n) is 2.22. The molecule has 0 unspecified atom stereocenters. The fraction of sp³-hybridized carbons (Fsp3) is 0.538. The number of hydrogen-bond donors (Lipinski definition) is 2. The summed E-state index contributed by atoms with van der Waals surface area (Å²) in [5, 5.41) is 8.64. The molecule has 104 valence electrons. The second-order valence-electron chi connectivity index (χ2n) is 4.78. The molecular weight excluding hydrogens is 246 g/mol. The molecule has 1 aliphatic rings. The van der Waals surface area contributed by atoms with E-state index in [1.54, 1.807) is 18.5 Å². The smallest absolute Gasteiger partial charge is 0.304 e. The van der Waals surface area contributed by atoms with Crippen molar-refractivity contribution in [2.75, 3.05) is 39.3 Å². The molecule has 0 radical (unpaired) electrons. The summed E-state index contributed by atoms with van der Waals surface area (Å²) < 4.78 is 0. The number of nitrogens with one attached hydrogen (secondary N) is 1. The molecule has 6 heteroatoms. The van der Waals surface area contributed by atoms with E-state index in [1.807, 2.05) is 0 Å². The average molecular weight is 265 g/mol. The normalized spacial score (nSPS) is 17.5. The quantitative estimate of drug-likeness (QED) is 0.723. The van der Waals surface area contributed by atoms with Gasteiger partial charge in [-0.3, -0.25) is 14.5 Å². The van der Waals surface area contributed by atoms with E-state index in [2.05, 4.69) is 14.8 Å². The average Bonchev–Trinajstić information content (AvgIpc) is 2.92. The number of carbonyl (C=O) groups excluding carboxylic acids is 1. The van der Waals surface area contributed by atoms with E-state index in [-0.39, 0.29) is 12.2 Å². The molecule has 0 aromatic carbocycles. The summed E-state index contributed by atoms with van der Waals surface area (Å²) in [4.78, 5) is 29.5. The van der Waals surface area contributed by atoms with E-state index in [0.29, 0.717) is 18.7 Å². The number of aromatic amines is 1. The van der Waals surface area contributed by atoms with Crippen LogP contribution in [0.3, 0.4) is 0 Å². The molecule has 6 nitrogen and oxygen atoms in total. The molecule has 1 saturated heterocycles. The lowest BCUT2D eigenvalue weighted by Crippen LogP contribution is -2.48. The molecule has 2 N–H and O–H groups in total. The Morgan fingerprint density at radius 2 is 1.89 bits per heavy atom. The first kappa shape index (κ1) is 13.8. The molecule has 0 atom stereocenters. The molecule has 1 aromatic heterocycles. The lowest BCUT2D eigenvalue weighted by Gasteiger charge is -2.33. The van der Waals surface area contributed by atoms with Crippen molar-refractivity contribution in [2.24, 2.45) is 0 Å². The Morgan fingerprint density at radius 3 is 2.47 bits per heavy atom. The first-order valence-electron chi connectivity index (χ1n) is 6.47. The van der Waals surface area contributed by atoms with E-state index < -0.39 is 5.97 Å². The number of nitrogens with zero attached hydrogens (tertiary/aromatic N) is 2. The lowest BCUT2D eigenvalue weighted by molar-refractivity contribution is -0.137. The van der Waals surface area contributed by atoms with Gasteiger partial charge in [0.15, 0.2) is 5.78 Å². The van der Waals surface area contributed by atoms with Crippen LogP contribution in [0.25, 0.3) is 0 Å². The topological polar surface area (TPSA) is 76.6 Å². The van der Waals surface area contributed by atoms with E-state index in [4.69, 9.17) is 5.11 Å². The maximum atomic E-state index is 11.9. The van der Waals surface area contributed by atoms with Gasteiger partial charge in [0.25, 0.3) is 0 Å². The van der Waals surface area contributed by atoms with E-state index in [1.165, 1.54) is 0 Å². The second kappa shape index (κ2) is 6.49. The molecule has 0 saturated carbocycles. The molecule has 0 bridgehead atoms. The molecule has 0 aliphatic carbocycles. The Kier molecular flexibility index (Phi) is 4.70. The van der Waals surface area contributed by atoms with Gasteiger partial charge in [0.2, 0.25) is 0 Å². The number of hydrogen-bond acceptors (Lipinski definition) is 4. The standard InChI is InChI=1S/C13H19N3O3/c17-12(11-1-3-14-9-11)10-16-7-5-15(6-8-16)4-2-13(18)19/h1,3,9,14H,2,4-8,10H2,(H,18,19). The van der Waals surface area contributed by atoms with Crippen LogP contribution in [0.4, 0.5) is 0 Å². The predicted molar refractivity (Wildman–Crippen MR) is 70.3 cm³/mol. The molecule has 0 amide bonds. The van der Waals surface area contributed by atoms with Crippen LogP contribution in [-0.2, 0) is 4.79 Å². The Morgan fingerprint density at radius 1 is 1.21 bits per heavy atom. The number of carbonyl (C=O) groups is 2. The molecule has 1 fully saturated rings. The van der Waals surface area contributed by atoms with Crippen LogP contribution >= 0.6 is 0 Å². The number of carboxylic acids is 1. The monoisotopic (exact) mass is 265 g/mol. The number of H-pyrrole nitrogens is 1. The van der Waals surface area contributed by atoms with E-state index >= 15 is 0 Å². The first-order chi connectivity index (χ1) is 9.15. The van der Waals surface area contributed by atoms with Crippen LogP contribution < -0.4 is 0 Å². The number of ketones is 1. The third-order valence-corrected chi connectivity index (χ3v) is 3.39. The number of carboxylic acid groups (broad SMARTS) is 1. The van der Waals surface area contributed by atoms with Gasteiger partial charge in [0.05, 0.1) is 13.0 Å². The van der Waals surface area contributed by atoms with Gasteiger partial charge in [0, 0.05) is 50.7 Å². The van der Waals surface area contributed by atoms with Crippen molar-refractivity contribution in [3.63, 3.8) is 0 Å². The van der Waals surface area contributed by atoms with Crippen molar-refractivity contribution < 1.29 is 14.7 Å². The Labute approximate surface area is 112 Å². The van der Waals surface area contributed by atoms with Gasteiger partial charge in [0.1, 0.15) is 0 Å². The van der Waals surface area contributed by atoms with Crippen molar-refractivity contribution in [2.45, 2.75) is 6.42 Å². The van der Waals surface area contributed by atoms with Crippen LogP contribution in [0.1, 0.15) is 16.8 Å². The summed E-state index contributed by atoms with van der Waals surface area (Å²) in [5.41, 5.74) is 0.716. The number of piperazine rings is 1. The molecule has 2 rings (SSSR count). The number of rotatable bonds is 6. The van der Waals surface area contributed by atoms with Gasteiger partial charge in [-0.2, -0.15) is 0 Å². The molecule has 19 heavy (non-hydrogen) atoms. The molecule has 1 aromatic rings. The van der Waals surface area contributed by atoms with Crippen LogP contribution in [0.5, 0.6) is 0 Å². The maximum absolute atomic E-state index is 11.9. The maximum Gasteiger partial charge on any atom is 0.304 e.